The third kappa shape index (κ3) is 4.54. The van der Waals surface area contributed by atoms with Crippen LogP contribution < -0.4 is 5.32 Å². The summed E-state index contributed by atoms with van der Waals surface area (Å²) < 4.78 is 26.2. The Morgan fingerprint density at radius 3 is 2.50 bits per heavy atom. The van der Waals surface area contributed by atoms with E-state index in [1.165, 1.54) is 9.58 Å². The van der Waals surface area contributed by atoms with Gasteiger partial charge in [0.15, 0.2) is 15.7 Å². The topological polar surface area (TPSA) is 97.2 Å². The molecule has 8 nitrogen and oxygen atoms in total. The van der Waals surface area contributed by atoms with Gasteiger partial charge in [-0.3, -0.25) is 10.00 Å². The van der Waals surface area contributed by atoms with Crippen LogP contribution in [0.3, 0.4) is 0 Å². The average molecular weight is 351 g/mol. The summed E-state index contributed by atoms with van der Waals surface area (Å²) in [6.07, 6.45) is 1.56. The van der Waals surface area contributed by atoms with E-state index in [-0.39, 0.29) is 17.2 Å². The van der Waals surface area contributed by atoms with Gasteiger partial charge in [0.25, 0.3) is 0 Å². The first-order chi connectivity index (χ1) is 11.3. The van der Waals surface area contributed by atoms with Gasteiger partial charge in [-0.05, 0) is 26.0 Å². The van der Waals surface area contributed by atoms with Crippen molar-refractivity contribution in [1.29, 1.82) is 0 Å². The standard InChI is InChI=1S/C15H21N5O3S/c1-4-20(15(21)16-14-11-19(3)18-17-14)9-10-24(22,23)13-7-5-12(2)6-8-13/h5-8,11H,4,9-10H2,1-3H3,(H,16,21). The number of benzene rings is 1. The zero-order valence-corrected chi connectivity index (χ0v) is 14.7. The molecular weight excluding hydrogens is 330 g/mol. The number of aryl methyl sites for hydroxylation is 2. The van der Waals surface area contributed by atoms with E-state index in [1.54, 1.807) is 44.4 Å². The summed E-state index contributed by atoms with van der Waals surface area (Å²) in [6.45, 7) is 4.16. The fourth-order valence-electron chi connectivity index (χ4n) is 2.09. The fraction of sp³-hybridized carbons (Fsp3) is 0.400. The molecule has 0 aliphatic heterocycles. The molecule has 0 atom stereocenters. The maximum absolute atomic E-state index is 12.4. The molecule has 1 aromatic carbocycles. The molecule has 0 radical (unpaired) electrons. The molecule has 2 amide bonds. The maximum atomic E-state index is 12.4. The Balaban J connectivity index is 1.99. The normalized spacial score (nSPS) is 11.3. The molecule has 0 saturated heterocycles. The van der Waals surface area contributed by atoms with Gasteiger partial charge in [0.05, 0.1) is 16.8 Å². The monoisotopic (exact) mass is 351 g/mol. The van der Waals surface area contributed by atoms with Crippen molar-refractivity contribution in [3.05, 3.63) is 36.0 Å². The molecule has 1 N–H and O–H groups in total. The van der Waals surface area contributed by atoms with Crippen LogP contribution in [0.2, 0.25) is 0 Å². The molecule has 2 rings (SSSR count). The van der Waals surface area contributed by atoms with Gasteiger partial charge in [-0.15, -0.1) is 5.10 Å². The first-order valence-corrected chi connectivity index (χ1v) is 9.18. The second-order valence-corrected chi connectivity index (χ2v) is 7.53. The van der Waals surface area contributed by atoms with E-state index < -0.39 is 15.9 Å². The molecule has 24 heavy (non-hydrogen) atoms. The number of rotatable bonds is 6. The van der Waals surface area contributed by atoms with E-state index in [0.717, 1.165) is 5.56 Å². The Morgan fingerprint density at radius 1 is 1.29 bits per heavy atom. The number of urea groups is 1. The zero-order chi connectivity index (χ0) is 17.7. The molecule has 1 aromatic heterocycles. The quantitative estimate of drug-likeness (QED) is 0.849. The number of nitrogens with one attached hydrogen (secondary N) is 1. The molecule has 0 aliphatic carbocycles. The minimum atomic E-state index is -3.44. The van der Waals surface area contributed by atoms with E-state index in [2.05, 4.69) is 15.6 Å². The highest BCUT2D eigenvalue weighted by molar-refractivity contribution is 7.91. The van der Waals surface area contributed by atoms with Crippen molar-refractivity contribution < 1.29 is 13.2 Å². The van der Waals surface area contributed by atoms with Crippen LogP contribution in [-0.4, -0.2) is 53.2 Å². The van der Waals surface area contributed by atoms with Gasteiger partial charge in [-0.25, -0.2) is 13.2 Å². The Hall–Kier alpha value is -2.42. The van der Waals surface area contributed by atoms with Gasteiger partial charge < -0.3 is 4.90 Å². The maximum Gasteiger partial charge on any atom is 0.323 e. The zero-order valence-electron chi connectivity index (χ0n) is 13.9. The minimum Gasteiger partial charge on any atom is -0.324 e. The number of sulfone groups is 1. The molecule has 2 aromatic rings. The van der Waals surface area contributed by atoms with Gasteiger partial charge in [0, 0.05) is 20.1 Å². The summed E-state index contributed by atoms with van der Waals surface area (Å²) in [5.41, 5.74) is 0.993. The van der Waals surface area contributed by atoms with Crippen molar-refractivity contribution in [3.63, 3.8) is 0 Å². The third-order valence-corrected chi connectivity index (χ3v) is 5.23. The summed E-state index contributed by atoms with van der Waals surface area (Å²) >= 11 is 0. The van der Waals surface area contributed by atoms with Crippen molar-refractivity contribution >= 4 is 21.7 Å². The van der Waals surface area contributed by atoms with E-state index in [9.17, 15) is 13.2 Å². The van der Waals surface area contributed by atoms with Crippen LogP contribution >= 0.6 is 0 Å². The molecule has 130 valence electrons. The summed E-state index contributed by atoms with van der Waals surface area (Å²) in [5.74, 6) is 0.181. The Bertz CT molecular complexity index is 799. The third-order valence-electron chi connectivity index (χ3n) is 3.52. The number of hydrogen-bond acceptors (Lipinski definition) is 5. The van der Waals surface area contributed by atoms with E-state index in [4.69, 9.17) is 0 Å². The second kappa shape index (κ2) is 7.43. The molecular formula is C15H21N5O3S. The highest BCUT2D eigenvalue weighted by atomic mass is 32.2. The number of carbonyl (C=O) groups excluding carboxylic acids is 1. The van der Waals surface area contributed by atoms with Crippen LogP contribution in [0, 0.1) is 6.92 Å². The number of carbonyl (C=O) groups is 1. The van der Waals surface area contributed by atoms with Crippen molar-refractivity contribution in [2.45, 2.75) is 18.7 Å². The Labute approximate surface area is 141 Å². The van der Waals surface area contributed by atoms with Crippen LogP contribution in [0.5, 0.6) is 0 Å². The van der Waals surface area contributed by atoms with Crippen molar-refractivity contribution in [2.75, 3.05) is 24.2 Å². The van der Waals surface area contributed by atoms with Gasteiger partial charge in [0.1, 0.15) is 0 Å². The summed E-state index contributed by atoms with van der Waals surface area (Å²) in [5, 5.41) is 10.1. The second-order valence-electron chi connectivity index (χ2n) is 5.42. The number of amides is 2. The van der Waals surface area contributed by atoms with Gasteiger partial charge >= 0.3 is 6.03 Å². The lowest BCUT2D eigenvalue weighted by Gasteiger charge is -2.20. The lowest BCUT2D eigenvalue weighted by molar-refractivity contribution is 0.217. The molecule has 0 aliphatic rings. The first-order valence-electron chi connectivity index (χ1n) is 7.53. The Kier molecular flexibility index (Phi) is 5.55. The van der Waals surface area contributed by atoms with Crippen LogP contribution in [0.25, 0.3) is 0 Å². The molecule has 1 heterocycles. The number of aromatic nitrogens is 3. The van der Waals surface area contributed by atoms with Gasteiger partial charge in [-0.2, -0.15) is 0 Å². The van der Waals surface area contributed by atoms with Crippen molar-refractivity contribution in [1.82, 2.24) is 19.9 Å². The van der Waals surface area contributed by atoms with E-state index in [1.807, 2.05) is 6.92 Å². The predicted molar refractivity (Wildman–Crippen MR) is 90.5 cm³/mol. The van der Waals surface area contributed by atoms with Crippen LogP contribution in [0.1, 0.15) is 12.5 Å². The summed E-state index contributed by atoms with van der Waals surface area (Å²) in [7, 11) is -1.75. The summed E-state index contributed by atoms with van der Waals surface area (Å²) in [4.78, 5) is 13.9. The molecule has 0 spiro atoms. The van der Waals surface area contributed by atoms with Crippen molar-refractivity contribution in [3.8, 4) is 0 Å². The van der Waals surface area contributed by atoms with E-state index >= 15 is 0 Å². The minimum absolute atomic E-state index is 0.0960. The molecule has 9 heteroatoms. The SMILES string of the molecule is CCN(CCS(=O)(=O)c1ccc(C)cc1)C(=O)Nc1cn(C)nn1. The van der Waals surface area contributed by atoms with Crippen LogP contribution in [0.4, 0.5) is 10.6 Å². The van der Waals surface area contributed by atoms with E-state index in [0.29, 0.717) is 12.4 Å². The number of anilines is 1. The molecule has 0 unspecified atom stereocenters. The van der Waals surface area contributed by atoms with Crippen LogP contribution in [0.15, 0.2) is 35.4 Å². The number of nitrogens with zero attached hydrogens (tertiary/aromatic N) is 4. The molecule has 0 saturated carbocycles. The highest BCUT2D eigenvalue weighted by Crippen LogP contribution is 2.12. The largest absolute Gasteiger partial charge is 0.324 e. The average Bonchev–Trinajstić information content (AvgIpc) is 2.93. The lowest BCUT2D eigenvalue weighted by atomic mass is 10.2. The number of hydrogen-bond donors (Lipinski definition) is 1. The summed E-state index contributed by atoms with van der Waals surface area (Å²) in [6, 6.07) is 6.27. The highest BCUT2D eigenvalue weighted by Gasteiger charge is 2.19. The molecule has 0 bridgehead atoms. The molecule has 0 fully saturated rings. The van der Waals surface area contributed by atoms with Crippen molar-refractivity contribution in [2.24, 2.45) is 7.05 Å². The first kappa shape index (κ1) is 17.9. The van der Waals surface area contributed by atoms with Gasteiger partial charge in [-0.1, -0.05) is 22.9 Å². The Morgan fingerprint density at radius 2 is 1.96 bits per heavy atom. The smallest absolute Gasteiger partial charge is 0.323 e. The fourth-order valence-corrected chi connectivity index (χ4v) is 3.34. The predicted octanol–water partition coefficient (Wildman–Crippen LogP) is 1.45. The lowest BCUT2D eigenvalue weighted by Crippen LogP contribution is -2.38. The van der Waals surface area contributed by atoms with Gasteiger partial charge in [0.2, 0.25) is 0 Å². The van der Waals surface area contributed by atoms with Crippen LogP contribution in [-0.2, 0) is 16.9 Å².